The molecule has 0 aromatic carbocycles. The second kappa shape index (κ2) is 17.1. The number of alkyl halides is 3. The fraction of sp³-hybridized carbons (Fsp3) is 1.00. The van der Waals surface area contributed by atoms with Crippen LogP contribution in [0, 0.1) is 41.4 Å². The second-order valence-electron chi connectivity index (χ2n) is 14.7. The molecule has 1 nitrogen and oxygen atoms in total. The van der Waals surface area contributed by atoms with Gasteiger partial charge in [-0.3, -0.25) is 0 Å². The first-order valence-corrected chi connectivity index (χ1v) is 18.0. The number of halogens is 3. The molecule has 4 saturated carbocycles. The van der Waals surface area contributed by atoms with Gasteiger partial charge in [-0.2, -0.15) is 0 Å². The van der Waals surface area contributed by atoms with E-state index in [4.69, 9.17) is 4.74 Å². The van der Waals surface area contributed by atoms with Gasteiger partial charge in [0.1, 0.15) is 18.5 Å². The molecule has 0 aliphatic heterocycles. The Balaban J connectivity index is 1.11. The topological polar surface area (TPSA) is 9.23 Å². The number of hydrogen-bond acceptors (Lipinski definition) is 1. The lowest BCUT2D eigenvalue weighted by molar-refractivity contribution is -0.0350. The van der Waals surface area contributed by atoms with Crippen molar-refractivity contribution in [3.05, 3.63) is 0 Å². The van der Waals surface area contributed by atoms with Crippen molar-refractivity contribution >= 4 is 0 Å². The van der Waals surface area contributed by atoms with Crippen LogP contribution in [0.2, 0.25) is 0 Å². The predicted molar refractivity (Wildman–Crippen MR) is 162 cm³/mol. The average molecular weight is 569 g/mol. The lowest BCUT2D eigenvalue weighted by Crippen LogP contribution is -2.42. The molecule has 0 heterocycles. The molecule has 0 aromatic heterocycles. The normalized spacial score (nSPS) is 41.2. The minimum Gasteiger partial charge on any atom is -0.378 e. The summed E-state index contributed by atoms with van der Waals surface area (Å²) < 4.78 is 51.9. The van der Waals surface area contributed by atoms with Crippen molar-refractivity contribution in [2.75, 3.05) is 6.61 Å². The number of ether oxygens (including phenoxy) is 1. The predicted octanol–water partition coefficient (Wildman–Crippen LogP) is 11.4. The van der Waals surface area contributed by atoms with E-state index in [1.807, 2.05) is 0 Å². The standard InChI is InChI=1S/C36H63F3O/c1-3-5-7-8-9-27-13-22-32(34(37)25-27)28-14-10-26(11-15-28)12-16-30-19-23-33(36(39)35(30)38)29-17-20-31(21-18-29)40-24-6-4-2/h26-36H,3-25H2,1-2H3. The third-order valence-electron chi connectivity index (χ3n) is 12.1. The zero-order valence-electron chi connectivity index (χ0n) is 26.2. The molecule has 0 spiro atoms. The van der Waals surface area contributed by atoms with E-state index in [-0.39, 0.29) is 17.8 Å². The van der Waals surface area contributed by atoms with Crippen LogP contribution in [-0.4, -0.2) is 31.2 Å². The zero-order valence-corrected chi connectivity index (χ0v) is 26.2. The third kappa shape index (κ3) is 9.37. The molecule has 0 saturated heterocycles. The van der Waals surface area contributed by atoms with Crippen molar-refractivity contribution in [1.29, 1.82) is 0 Å². The van der Waals surface area contributed by atoms with E-state index >= 15 is 13.2 Å². The average Bonchev–Trinajstić information content (AvgIpc) is 2.97. The highest BCUT2D eigenvalue weighted by molar-refractivity contribution is 4.93. The quantitative estimate of drug-likeness (QED) is 0.189. The SMILES string of the molecule is CCCCCCC1CCC(C2CCC(CCC3CCC(C4CCC(OCCCC)CC4)C(F)C3F)CC2)C(F)C1. The largest absolute Gasteiger partial charge is 0.378 e. The summed E-state index contributed by atoms with van der Waals surface area (Å²) in [4.78, 5) is 0. The Kier molecular flexibility index (Phi) is 14.0. The van der Waals surface area contributed by atoms with Crippen molar-refractivity contribution in [3.8, 4) is 0 Å². The molecular weight excluding hydrogens is 505 g/mol. The molecule has 234 valence electrons. The van der Waals surface area contributed by atoms with Crippen LogP contribution in [0.3, 0.4) is 0 Å². The lowest BCUT2D eigenvalue weighted by Gasteiger charge is -2.42. The highest BCUT2D eigenvalue weighted by atomic mass is 19.2. The van der Waals surface area contributed by atoms with E-state index < -0.39 is 18.5 Å². The van der Waals surface area contributed by atoms with E-state index in [0.29, 0.717) is 29.8 Å². The molecule has 7 atom stereocenters. The highest BCUT2D eigenvalue weighted by Crippen LogP contribution is 2.47. The summed E-state index contributed by atoms with van der Waals surface area (Å²) in [7, 11) is 0. The van der Waals surface area contributed by atoms with Gasteiger partial charge in [0.15, 0.2) is 0 Å². The van der Waals surface area contributed by atoms with E-state index in [2.05, 4.69) is 13.8 Å². The Morgan fingerprint density at radius 3 is 1.90 bits per heavy atom. The molecule has 4 fully saturated rings. The van der Waals surface area contributed by atoms with Gasteiger partial charge in [0, 0.05) is 6.61 Å². The van der Waals surface area contributed by atoms with Gasteiger partial charge < -0.3 is 4.74 Å². The Hall–Kier alpha value is -0.250. The maximum Gasteiger partial charge on any atom is 0.134 e. The van der Waals surface area contributed by atoms with E-state index in [0.717, 1.165) is 96.5 Å². The molecule has 4 rings (SSSR count). The molecule has 0 amide bonds. The van der Waals surface area contributed by atoms with E-state index in [1.165, 1.54) is 51.4 Å². The smallest absolute Gasteiger partial charge is 0.134 e. The van der Waals surface area contributed by atoms with Crippen molar-refractivity contribution in [3.63, 3.8) is 0 Å². The fourth-order valence-electron chi connectivity index (χ4n) is 9.33. The van der Waals surface area contributed by atoms with Crippen LogP contribution in [0.25, 0.3) is 0 Å². The Morgan fingerprint density at radius 2 is 1.20 bits per heavy atom. The van der Waals surface area contributed by atoms with Gasteiger partial charge in [0.25, 0.3) is 0 Å². The molecule has 4 aliphatic carbocycles. The van der Waals surface area contributed by atoms with Crippen LogP contribution < -0.4 is 0 Å². The second-order valence-corrected chi connectivity index (χ2v) is 14.7. The minimum atomic E-state index is -1.28. The maximum atomic E-state index is 15.4. The summed E-state index contributed by atoms with van der Waals surface area (Å²) in [5, 5.41) is 0. The molecule has 0 aromatic rings. The van der Waals surface area contributed by atoms with Gasteiger partial charge in [0.05, 0.1) is 6.10 Å². The number of rotatable bonds is 14. The zero-order chi connectivity index (χ0) is 28.3. The van der Waals surface area contributed by atoms with Crippen molar-refractivity contribution in [1.82, 2.24) is 0 Å². The summed E-state index contributed by atoms with van der Waals surface area (Å²) in [6.07, 6.45) is 21.3. The fourth-order valence-corrected chi connectivity index (χ4v) is 9.33. The van der Waals surface area contributed by atoms with Gasteiger partial charge in [-0.25, -0.2) is 13.2 Å². The van der Waals surface area contributed by atoms with Crippen LogP contribution in [-0.2, 0) is 4.74 Å². The maximum absolute atomic E-state index is 15.4. The Morgan fingerprint density at radius 1 is 0.550 bits per heavy atom. The summed E-state index contributed by atoms with van der Waals surface area (Å²) in [5.74, 6) is 2.24. The molecule has 40 heavy (non-hydrogen) atoms. The highest BCUT2D eigenvalue weighted by Gasteiger charge is 2.44. The third-order valence-corrected chi connectivity index (χ3v) is 12.1. The molecule has 4 heteroatoms. The molecule has 0 radical (unpaired) electrons. The van der Waals surface area contributed by atoms with Gasteiger partial charge in [-0.05, 0) is 125 Å². The number of unbranched alkanes of at least 4 members (excludes halogenated alkanes) is 4. The first-order chi connectivity index (χ1) is 19.5. The van der Waals surface area contributed by atoms with Crippen LogP contribution >= 0.6 is 0 Å². The molecular formula is C36H63F3O. The number of hydrogen-bond donors (Lipinski definition) is 0. The summed E-state index contributed by atoms with van der Waals surface area (Å²) in [6, 6.07) is 0. The molecule has 0 N–H and O–H groups in total. The van der Waals surface area contributed by atoms with Crippen molar-refractivity contribution in [2.45, 2.75) is 180 Å². The first kappa shape index (κ1) is 32.7. The van der Waals surface area contributed by atoms with Gasteiger partial charge in [-0.1, -0.05) is 71.6 Å². The van der Waals surface area contributed by atoms with E-state index in [1.54, 1.807) is 0 Å². The monoisotopic (exact) mass is 568 g/mol. The van der Waals surface area contributed by atoms with Gasteiger partial charge in [0.2, 0.25) is 0 Å². The molecule has 0 bridgehead atoms. The Bertz CT molecular complexity index is 671. The van der Waals surface area contributed by atoms with Crippen LogP contribution in [0.5, 0.6) is 0 Å². The summed E-state index contributed by atoms with van der Waals surface area (Å²) in [6.45, 7) is 5.27. The summed E-state index contributed by atoms with van der Waals surface area (Å²) >= 11 is 0. The minimum absolute atomic E-state index is 0.0849. The van der Waals surface area contributed by atoms with Crippen molar-refractivity contribution in [2.24, 2.45) is 41.4 Å². The lowest BCUT2D eigenvalue weighted by atomic mass is 9.66. The van der Waals surface area contributed by atoms with Crippen LogP contribution in [0.15, 0.2) is 0 Å². The van der Waals surface area contributed by atoms with Crippen molar-refractivity contribution < 1.29 is 17.9 Å². The summed E-state index contributed by atoms with van der Waals surface area (Å²) in [5.41, 5.74) is 0. The first-order valence-electron chi connectivity index (χ1n) is 18.0. The van der Waals surface area contributed by atoms with Crippen LogP contribution in [0.1, 0.15) is 155 Å². The van der Waals surface area contributed by atoms with E-state index in [9.17, 15) is 0 Å². The van der Waals surface area contributed by atoms with Gasteiger partial charge >= 0.3 is 0 Å². The molecule has 4 aliphatic rings. The van der Waals surface area contributed by atoms with Crippen LogP contribution in [0.4, 0.5) is 13.2 Å². The Labute approximate surface area is 245 Å². The van der Waals surface area contributed by atoms with Gasteiger partial charge in [-0.15, -0.1) is 0 Å². The molecule has 7 unspecified atom stereocenters.